The van der Waals surface area contributed by atoms with Crippen LogP contribution in [0.2, 0.25) is 0 Å². The van der Waals surface area contributed by atoms with Gasteiger partial charge in [0.15, 0.2) is 0 Å². The number of aromatic nitrogens is 3. The van der Waals surface area contributed by atoms with Crippen LogP contribution in [0, 0.1) is 0 Å². The molecule has 2 aromatic carbocycles. The van der Waals surface area contributed by atoms with Gasteiger partial charge in [-0.1, -0.05) is 36.4 Å². The number of amides is 1. The summed E-state index contributed by atoms with van der Waals surface area (Å²) in [7, 11) is 0. The third-order valence-corrected chi connectivity index (χ3v) is 5.53. The highest BCUT2D eigenvalue weighted by molar-refractivity contribution is 6.06. The Kier molecular flexibility index (Phi) is 6.29. The van der Waals surface area contributed by atoms with Crippen molar-refractivity contribution < 1.29 is 9.53 Å². The standard InChI is InChI=1S/C26H24N6O2/c33-25(22-10-4-5-11-23(22)34-21-8-2-1-3-9-21)30-20-18-28-26(29-19-20)32-16-14-31(15-17-32)24-12-6-7-13-27-24/h1-13,18-19H,14-17H2,(H,30,33). The maximum Gasteiger partial charge on any atom is 0.259 e. The number of nitrogens with one attached hydrogen (secondary N) is 1. The first-order chi connectivity index (χ1) is 16.8. The van der Waals surface area contributed by atoms with Gasteiger partial charge in [-0.2, -0.15) is 0 Å². The minimum Gasteiger partial charge on any atom is -0.457 e. The van der Waals surface area contributed by atoms with E-state index in [1.165, 1.54) is 0 Å². The zero-order valence-electron chi connectivity index (χ0n) is 18.5. The first kappa shape index (κ1) is 21.4. The van der Waals surface area contributed by atoms with E-state index in [-0.39, 0.29) is 5.91 Å². The van der Waals surface area contributed by atoms with E-state index in [9.17, 15) is 4.79 Å². The normalized spacial score (nSPS) is 13.4. The highest BCUT2D eigenvalue weighted by Gasteiger charge is 2.20. The molecule has 0 spiro atoms. The highest BCUT2D eigenvalue weighted by Crippen LogP contribution is 2.26. The lowest BCUT2D eigenvalue weighted by Gasteiger charge is -2.35. The van der Waals surface area contributed by atoms with Gasteiger partial charge in [-0.05, 0) is 36.4 Å². The van der Waals surface area contributed by atoms with Crippen LogP contribution in [0.4, 0.5) is 17.5 Å². The van der Waals surface area contributed by atoms with Gasteiger partial charge in [0.25, 0.3) is 5.91 Å². The minimum atomic E-state index is -0.285. The van der Waals surface area contributed by atoms with E-state index in [1.54, 1.807) is 30.6 Å². The first-order valence-corrected chi connectivity index (χ1v) is 11.1. The van der Waals surface area contributed by atoms with Crippen molar-refractivity contribution in [3.8, 4) is 11.5 Å². The maximum atomic E-state index is 12.9. The Morgan fingerprint density at radius 2 is 1.44 bits per heavy atom. The fraction of sp³-hybridized carbons (Fsp3) is 0.154. The average molecular weight is 453 g/mol. The summed E-state index contributed by atoms with van der Waals surface area (Å²) in [5.74, 6) is 2.49. The molecule has 1 N–H and O–H groups in total. The number of carbonyl (C=O) groups excluding carboxylic acids is 1. The number of hydrogen-bond acceptors (Lipinski definition) is 7. The van der Waals surface area contributed by atoms with E-state index in [0.717, 1.165) is 32.0 Å². The summed E-state index contributed by atoms with van der Waals surface area (Å²) < 4.78 is 5.90. The molecule has 2 aromatic heterocycles. The third-order valence-electron chi connectivity index (χ3n) is 5.53. The molecule has 0 bridgehead atoms. The van der Waals surface area contributed by atoms with E-state index in [1.807, 2.05) is 60.8 Å². The number of nitrogens with zero attached hydrogens (tertiary/aromatic N) is 5. The van der Waals surface area contributed by atoms with Crippen LogP contribution in [0.25, 0.3) is 0 Å². The second-order valence-corrected chi connectivity index (χ2v) is 7.80. The van der Waals surface area contributed by atoms with Gasteiger partial charge in [-0.25, -0.2) is 15.0 Å². The molecule has 0 unspecified atom stereocenters. The predicted octanol–water partition coefficient (Wildman–Crippen LogP) is 4.24. The van der Waals surface area contributed by atoms with Crippen LogP contribution in [0.5, 0.6) is 11.5 Å². The fourth-order valence-electron chi connectivity index (χ4n) is 3.78. The lowest BCUT2D eigenvalue weighted by Crippen LogP contribution is -2.47. The molecule has 8 heteroatoms. The number of anilines is 3. The van der Waals surface area contributed by atoms with Gasteiger partial charge in [0.1, 0.15) is 17.3 Å². The Morgan fingerprint density at radius 1 is 0.765 bits per heavy atom. The summed E-state index contributed by atoms with van der Waals surface area (Å²) in [4.78, 5) is 30.7. The summed E-state index contributed by atoms with van der Waals surface area (Å²) in [5.41, 5.74) is 0.955. The number of ether oxygens (including phenoxy) is 1. The SMILES string of the molecule is O=C(Nc1cnc(N2CCN(c3ccccn3)CC2)nc1)c1ccccc1Oc1ccccc1. The van der Waals surface area contributed by atoms with Crippen LogP contribution >= 0.6 is 0 Å². The molecule has 3 heterocycles. The van der Waals surface area contributed by atoms with E-state index < -0.39 is 0 Å². The number of rotatable bonds is 6. The van der Waals surface area contributed by atoms with Gasteiger partial charge in [0.05, 0.1) is 23.6 Å². The van der Waals surface area contributed by atoms with E-state index in [4.69, 9.17) is 4.74 Å². The molecule has 0 saturated carbocycles. The molecule has 34 heavy (non-hydrogen) atoms. The maximum absolute atomic E-state index is 12.9. The van der Waals surface area contributed by atoms with Crippen molar-refractivity contribution in [2.24, 2.45) is 0 Å². The smallest absolute Gasteiger partial charge is 0.259 e. The Balaban J connectivity index is 1.21. The number of carbonyl (C=O) groups is 1. The summed E-state index contributed by atoms with van der Waals surface area (Å²) >= 11 is 0. The van der Waals surface area contributed by atoms with Crippen molar-refractivity contribution >= 4 is 23.4 Å². The number of para-hydroxylation sites is 2. The lowest BCUT2D eigenvalue weighted by molar-refractivity contribution is 0.102. The van der Waals surface area contributed by atoms with Crippen molar-refractivity contribution in [2.45, 2.75) is 0 Å². The van der Waals surface area contributed by atoms with Crippen LogP contribution < -0.4 is 19.9 Å². The Morgan fingerprint density at radius 3 is 2.18 bits per heavy atom. The predicted molar refractivity (Wildman–Crippen MR) is 132 cm³/mol. The minimum absolute atomic E-state index is 0.285. The summed E-state index contributed by atoms with van der Waals surface area (Å²) in [6.07, 6.45) is 5.07. The molecule has 0 aliphatic carbocycles. The van der Waals surface area contributed by atoms with Crippen LogP contribution in [0.1, 0.15) is 10.4 Å². The summed E-state index contributed by atoms with van der Waals surface area (Å²) in [5, 5.41) is 2.86. The molecule has 4 aromatic rings. The Bertz CT molecular complexity index is 1230. The molecule has 1 aliphatic rings. The summed E-state index contributed by atoms with van der Waals surface area (Å²) in [6.45, 7) is 3.28. The summed E-state index contributed by atoms with van der Waals surface area (Å²) in [6, 6.07) is 22.4. The number of benzene rings is 2. The molecule has 5 rings (SSSR count). The van der Waals surface area contributed by atoms with Crippen LogP contribution in [0.15, 0.2) is 91.4 Å². The molecule has 0 radical (unpaired) electrons. The lowest BCUT2D eigenvalue weighted by atomic mass is 10.2. The number of piperazine rings is 1. The molecular weight excluding hydrogens is 428 g/mol. The van der Waals surface area contributed by atoms with Crippen molar-refractivity contribution in [1.29, 1.82) is 0 Å². The van der Waals surface area contributed by atoms with Crippen molar-refractivity contribution in [2.75, 3.05) is 41.3 Å². The zero-order valence-corrected chi connectivity index (χ0v) is 18.5. The third kappa shape index (κ3) is 4.96. The van der Waals surface area contributed by atoms with E-state index in [0.29, 0.717) is 28.7 Å². The molecule has 170 valence electrons. The topological polar surface area (TPSA) is 83.5 Å². The Labute approximate surface area is 197 Å². The molecule has 0 atom stereocenters. The second kappa shape index (κ2) is 9.99. The molecular formula is C26H24N6O2. The molecule has 8 nitrogen and oxygen atoms in total. The van der Waals surface area contributed by atoms with Gasteiger partial charge < -0.3 is 19.9 Å². The van der Waals surface area contributed by atoms with Crippen molar-refractivity contribution in [3.05, 3.63) is 97.0 Å². The quantitative estimate of drug-likeness (QED) is 0.468. The van der Waals surface area contributed by atoms with Crippen LogP contribution in [-0.4, -0.2) is 47.0 Å². The van der Waals surface area contributed by atoms with Gasteiger partial charge in [-0.3, -0.25) is 4.79 Å². The molecule has 1 fully saturated rings. The van der Waals surface area contributed by atoms with Gasteiger partial charge in [0.2, 0.25) is 5.95 Å². The van der Waals surface area contributed by atoms with E-state index in [2.05, 4.69) is 30.1 Å². The molecule has 1 saturated heterocycles. The highest BCUT2D eigenvalue weighted by atomic mass is 16.5. The van der Waals surface area contributed by atoms with Gasteiger partial charge in [0, 0.05) is 32.4 Å². The zero-order chi connectivity index (χ0) is 23.2. The van der Waals surface area contributed by atoms with Crippen LogP contribution in [-0.2, 0) is 0 Å². The fourth-order valence-corrected chi connectivity index (χ4v) is 3.78. The monoisotopic (exact) mass is 452 g/mol. The van der Waals surface area contributed by atoms with Gasteiger partial charge in [-0.15, -0.1) is 0 Å². The Hall–Kier alpha value is -4.46. The van der Waals surface area contributed by atoms with E-state index >= 15 is 0 Å². The van der Waals surface area contributed by atoms with Gasteiger partial charge >= 0.3 is 0 Å². The number of hydrogen-bond donors (Lipinski definition) is 1. The number of pyridine rings is 1. The van der Waals surface area contributed by atoms with Crippen LogP contribution in [0.3, 0.4) is 0 Å². The largest absolute Gasteiger partial charge is 0.457 e. The molecule has 1 aliphatic heterocycles. The van der Waals surface area contributed by atoms with Crippen molar-refractivity contribution in [1.82, 2.24) is 15.0 Å². The molecule has 1 amide bonds. The second-order valence-electron chi connectivity index (χ2n) is 7.80. The first-order valence-electron chi connectivity index (χ1n) is 11.1. The average Bonchev–Trinajstić information content (AvgIpc) is 2.91. The van der Waals surface area contributed by atoms with Crippen molar-refractivity contribution in [3.63, 3.8) is 0 Å².